The smallest absolute Gasteiger partial charge is 0.187 e. The summed E-state index contributed by atoms with van der Waals surface area (Å²) in [6, 6.07) is 0. The van der Waals surface area contributed by atoms with Crippen molar-refractivity contribution in [1.82, 2.24) is 0 Å². The van der Waals surface area contributed by atoms with E-state index in [2.05, 4.69) is 13.8 Å². The van der Waals surface area contributed by atoms with Crippen LogP contribution in [0, 0.1) is 5.92 Å². The summed E-state index contributed by atoms with van der Waals surface area (Å²) in [4.78, 5) is 0. The van der Waals surface area contributed by atoms with E-state index in [0.717, 1.165) is 25.2 Å². The highest BCUT2D eigenvalue weighted by Crippen LogP contribution is 2.24. The summed E-state index contributed by atoms with van der Waals surface area (Å²) in [5.74, 6) is 0.756. The molecule has 11 nitrogen and oxygen atoms in total. The van der Waals surface area contributed by atoms with E-state index in [1.54, 1.807) is 0 Å². The molecule has 0 spiro atoms. The van der Waals surface area contributed by atoms with Crippen molar-refractivity contribution in [2.24, 2.45) is 5.92 Å². The van der Waals surface area contributed by atoms with Gasteiger partial charge in [-0.05, 0) is 12.3 Å². The van der Waals surface area contributed by atoms with Crippen LogP contribution in [-0.2, 0) is 18.9 Å². The molecule has 1 fully saturated rings. The maximum absolute atomic E-state index is 10.1. The second-order valence-electron chi connectivity index (χ2n) is 9.55. The summed E-state index contributed by atoms with van der Waals surface area (Å²) < 4.78 is 21.9. The first-order chi connectivity index (χ1) is 16.8. The van der Waals surface area contributed by atoms with Crippen molar-refractivity contribution >= 4 is 0 Å². The Morgan fingerprint density at radius 2 is 1.31 bits per heavy atom. The molecule has 0 amide bonds. The van der Waals surface area contributed by atoms with E-state index in [4.69, 9.17) is 18.9 Å². The van der Waals surface area contributed by atoms with Crippen LogP contribution in [0.1, 0.15) is 65.2 Å². The van der Waals surface area contributed by atoms with Gasteiger partial charge in [0.15, 0.2) is 12.6 Å². The first-order valence-corrected chi connectivity index (χ1v) is 12.8. The summed E-state index contributed by atoms with van der Waals surface area (Å²) in [6.07, 6.45) is -1.86. The summed E-state index contributed by atoms with van der Waals surface area (Å²) >= 11 is 0. The third-order valence-electron chi connectivity index (χ3n) is 6.14. The first-order valence-electron chi connectivity index (χ1n) is 12.8. The molecule has 1 saturated heterocycles. The molecule has 0 aliphatic carbocycles. The number of ether oxygens (including phenoxy) is 4. The zero-order valence-electron chi connectivity index (χ0n) is 21.2. The monoisotopic (exact) mass is 512 g/mol. The molecule has 11 heteroatoms. The fraction of sp³-hybridized carbons (Fsp3) is 1.00. The van der Waals surface area contributed by atoms with Crippen LogP contribution in [0.25, 0.3) is 0 Å². The minimum Gasteiger partial charge on any atom is -0.394 e. The van der Waals surface area contributed by atoms with Gasteiger partial charge in [0.25, 0.3) is 0 Å². The topological polar surface area (TPSA) is 179 Å². The number of aliphatic hydroxyl groups is 7. The van der Waals surface area contributed by atoms with E-state index in [-0.39, 0.29) is 0 Å². The van der Waals surface area contributed by atoms with Gasteiger partial charge in [-0.3, -0.25) is 0 Å². The second-order valence-corrected chi connectivity index (χ2v) is 9.55. The van der Waals surface area contributed by atoms with Crippen LogP contribution in [0.4, 0.5) is 0 Å². The van der Waals surface area contributed by atoms with E-state index in [1.807, 2.05) is 0 Å². The van der Waals surface area contributed by atoms with Crippen LogP contribution in [0.2, 0.25) is 0 Å². The Labute approximate surface area is 208 Å². The molecule has 0 aromatic heterocycles. The average Bonchev–Trinajstić information content (AvgIpc) is 2.85. The van der Waals surface area contributed by atoms with E-state index in [9.17, 15) is 35.7 Å². The van der Waals surface area contributed by atoms with Gasteiger partial charge in [-0.15, -0.1) is 0 Å². The molecular weight excluding hydrogens is 464 g/mol. The van der Waals surface area contributed by atoms with E-state index >= 15 is 0 Å². The van der Waals surface area contributed by atoms with Gasteiger partial charge >= 0.3 is 0 Å². The Hall–Kier alpha value is -0.440. The summed E-state index contributed by atoms with van der Waals surface area (Å²) in [7, 11) is 0. The predicted molar refractivity (Wildman–Crippen MR) is 126 cm³/mol. The minimum atomic E-state index is -1.67. The number of rotatable bonds is 20. The lowest BCUT2D eigenvalue weighted by Crippen LogP contribution is -2.60. The quantitative estimate of drug-likeness (QED) is 0.0837. The third kappa shape index (κ3) is 12.1. The second kappa shape index (κ2) is 18.8. The van der Waals surface area contributed by atoms with E-state index in [1.165, 1.54) is 32.1 Å². The molecule has 0 saturated carbocycles. The molecule has 0 bridgehead atoms. The van der Waals surface area contributed by atoms with Crippen molar-refractivity contribution in [2.45, 2.75) is 114 Å². The van der Waals surface area contributed by atoms with Crippen LogP contribution < -0.4 is 0 Å². The van der Waals surface area contributed by atoms with Crippen molar-refractivity contribution in [1.29, 1.82) is 0 Å². The number of hydrogen-bond donors (Lipinski definition) is 7. The molecule has 1 rings (SSSR count). The third-order valence-corrected chi connectivity index (χ3v) is 6.14. The van der Waals surface area contributed by atoms with Crippen molar-refractivity contribution in [3.63, 3.8) is 0 Å². The van der Waals surface area contributed by atoms with Crippen LogP contribution in [-0.4, -0.2) is 118 Å². The molecular formula is C24H48O11. The van der Waals surface area contributed by atoms with Crippen LogP contribution in [0.3, 0.4) is 0 Å². The number of unbranched alkanes of at least 4 members (excludes halogenated alkanes) is 6. The Kier molecular flexibility index (Phi) is 17.5. The normalized spacial score (nSPS) is 27.8. The fourth-order valence-electron chi connectivity index (χ4n) is 3.93. The maximum atomic E-state index is 10.1. The zero-order chi connectivity index (χ0) is 26.2. The Morgan fingerprint density at radius 1 is 0.714 bits per heavy atom. The Bertz CT molecular complexity index is 508. The van der Waals surface area contributed by atoms with Gasteiger partial charge in [-0.25, -0.2) is 0 Å². The van der Waals surface area contributed by atoms with E-state index < -0.39 is 75.6 Å². The van der Waals surface area contributed by atoms with Crippen molar-refractivity contribution in [3.05, 3.63) is 0 Å². The van der Waals surface area contributed by atoms with Gasteiger partial charge in [0.2, 0.25) is 0 Å². The van der Waals surface area contributed by atoms with Crippen LogP contribution >= 0.6 is 0 Å². The molecule has 7 N–H and O–H groups in total. The Balaban J connectivity index is 2.40. The SMILES string of the molecule is CC(C)CCCCCCCCCOC(CO)OC(CO)[C@H](CO)O[C@H]1OC(CO)[C@@H](O)C(O)C1O. The largest absolute Gasteiger partial charge is 0.394 e. The lowest BCUT2D eigenvalue weighted by Gasteiger charge is -2.41. The van der Waals surface area contributed by atoms with Crippen molar-refractivity contribution < 1.29 is 54.7 Å². The number of aliphatic hydroxyl groups excluding tert-OH is 7. The fourth-order valence-corrected chi connectivity index (χ4v) is 3.93. The minimum absolute atomic E-state index is 0.355. The zero-order valence-corrected chi connectivity index (χ0v) is 21.2. The standard InChI is InChI=1S/C24H48O11/c1-16(2)10-8-6-4-3-5-7-9-11-32-20(15-28)33-17(12-25)18(13-26)34-24-23(31)22(30)21(29)19(14-27)35-24/h16-31H,3-15H2,1-2H3/t17?,18-,19?,20?,21+,22?,23?,24-/m0/s1. The molecule has 35 heavy (non-hydrogen) atoms. The maximum Gasteiger partial charge on any atom is 0.187 e. The Morgan fingerprint density at radius 3 is 1.86 bits per heavy atom. The molecule has 5 unspecified atom stereocenters. The number of hydrogen-bond acceptors (Lipinski definition) is 11. The molecule has 1 heterocycles. The van der Waals surface area contributed by atoms with Gasteiger partial charge in [0.05, 0.1) is 26.4 Å². The van der Waals surface area contributed by atoms with Gasteiger partial charge in [-0.2, -0.15) is 0 Å². The van der Waals surface area contributed by atoms with Crippen LogP contribution in [0.5, 0.6) is 0 Å². The predicted octanol–water partition coefficient (Wildman–Crippen LogP) is -0.347. The van der Waals surface area contributed by atoms with Gasteiger partial charge in [-0.1, -0.05) is 58.8 Å². The highest BCUT2D eigenvalue weighted by atomic mass is 16.7. The first kappa shape index (κ1) is 32.6. The molecule has 210 valence electrons. The lowest BCUT2D eigenvalue weighted by atomic mass is 9.99. The van der Waals surface area contributed by atoms with Crippen molar-refractivity contribution in [3.8, 4) is 0 Å². The van der Waals surface area contributed by atoms with E-state index in [0.29, 0.717) is 6.61 Å². The van der Waals surface area contributed by atoms with Gasteiger partial charge < -0.3 is 54.7 Å². The van der Waals surface area contributed by atoms with Gasteiger partial charge in [0.1, 0.15) is 36.6 Å². The summed E-state index contributed by atoms with van der Waals surface area (Å²) in [5.41, 5.74) is 0. The molecule has 1 aliphatic rings. The average molecular weight is 513 g/mol. The molecule has 0 radical (unpaired) electrons. The summed E-state index contributed by atoms with van der Waals surface area (Å²) in [5, 5.41) is 68.2. The molecule has 8 atom stereocenters. The van der Waals surface area contributed by atoms with Gasteiger partial charge in [0, 0.05) is 6.61 Å². The molecule has 1 aliphatic heterocycles. The molecule has 0 aromatic rings. The van der Waals surface area contributed by atoms with Crippen molar-refractivity contribution in [2.75, 3.05) is 33.0 Å². The molecule has 0 aromatic carbocycles. The summed E-state index contributed by atoms with van der Waals surface area (Å²) in [6.45, 7) is 2.48. The van der Waals surface area contributed by atoms with Crippen LogP contribution in [0.15, 0.2) is 0 Å². The highest BCUT2D eigenvalue weighted by Gasteiger charge is 2.45. The highest BCUT2D eigenvalue weighted by molar-refractivity contribution is 4.89. The lowest BCUT2D eigenvalue weighted by molar-refractivity contribution is -0.327.